The average molecular weight is 338 g/mol. The van der Waals surface area contributed by atoms with E-state index in [0.717, 1.165) is 17.0 Å². The van der Waals surface area contributed by atoms with E-state index < -0.39 is 0 Å². The quantitative estimate of drug-likeness (QED) is 0.717. The monoisotopic (exact) mass is 338 g/mol. The average Bonchev–Trinajstić information content (AvgIpc) is 3.30. The molecule has 5 heteroatoms. The number of thioether (sulfide) groups is 1. The second-order valence-electron chi connectivity index (χ2n) is 5.96. The van der Waals surface area contributed by atoms with Crippen molar-refractivity contribution in [2.75, 3.05) is 5.75 Å². The van der Waals surface area contributed by atoms with Crippen molar-refractivity contribution in [3.8, 4) is 5.69 Å². The number of amides is 1. The Morgan fingerprint density at radius 1 is 1.25 bits per heavy atom. The zero-order valence-electron chi connectivity index (χ0n) is 13.4. The lowest BCUT2D eigenvalue weighted by molar-refractivity contribution is -0.128. The molecule has 122 valence electrons. The lowest BCUT2D eigenvalue weighted by Gasteiger charge is -2.22. The zero-order chi connectivity index (χ0) is 16.5. The number of hydrogen-bond donors (Lipinski definition) is 0. The van der Waals surface area contributed by atoms with Gasteiger partial charge in [0.05, 0.1) is 18.6 Å². The van der Waals surface area contributed by atoms with Gasteiger partial charge in [-0.1, -0.05) is 12.1 Å². The first-order valence-electron chi connectivity index (χ1n) is 7.89. The van der Waals surface area contributed by atoms with Crippen LogP contribution in [-0.2, 0) is 11.3 Å². The summed E-state index contributed by atoms with van der Waals surface area (Å²) in [7, 11) is 0. The lowest BCUT2D eigenvalue weighted by Crippen LogP contribution is -2.27. The molecule has 0 saturated carbocycles. The minimum absolute atomic E-state index is 0.0358. The van der Waals surface area contributed by atoms with Gasteiger partial charge in [0.25, 0.3) is 0 Å². The third-order valence-corrected chi connectivity index (χ3v) is 5.43. The molecule has 1 aliphatic rings. The van der Waals surface area contributed by atoms with Crippen LogP contribution in [0.5, 0.6) is 0 Å². The van der Waals surface area contributed by atoms with Crippen molar-refractivity contribution in [2.24, 2.45) is 0 Å². The van der Waals surface area contributed by atoms with Gasteiger partial charge in [-0.25, -0.2) is 0 Å². The van der Waals surface area contributed by atoms with Crippen LogP contribution in [0, 0.1) is 6.92 Å². The summed E-state index contributed by atoms with van der Waals surface area (Å²) < 4.78 is 7.52. The predicted molar refractivity (Wildman–Crippen MR) is 95.0 cm³/mol. The number of aryl methyl sites for hydroxylation is 1. The van der Waals surface area contributed by atoms with Crippen molar-refractivity contribution in [2.45, 2.75) is 18.8 Å². The molecule has 1 amide bonds. The SMILES string of the molecule is Cc1cccc(-n2ccc(C3SCC(=O)N3Cc3ccco3)c2)c1. The number of furan rings is 1. The summed E-state index contributed by atoms with van der Waals surface area (Å²) in [5, 5.41) is 0.0358. The van der Waals surface area contributed by atoms with E-state index in [4.69, 9.17) is 4.42 Å². The highest BCUT2D eigenvalue weighted by Gasteiger charge is 2.33. The molecule has 3 aromatic rings. The first-order chi connectivity index (χ1) is 11.7. The Hall–Kier alpha value is -2.40. The van der Waals surface area contributed by atoms with Gasteiger partial charge >= 0.3 is 0 Å². The molecule has 1 fully saturated rings. The van der Waals surface area contributed by atoms with E-state index in [0.29, 0.717) is 12.3 Å². The predicted octanol–water partition coefficient (Wildman–Crippen LogP) is 4.15. The number of nitrogens with zero attached hydrogens (tertiary/aromatic N) is 2. The second-order valence-corrected chi connectivity index (χ2v) is 7.02. The van der Waals surface area contributed by atoms with Crippen molar-refractivity contribution in [1.29, 1.82) is 0 Å². The molecule has 0 aliphatic carbocycles. The summed E-state index contributed by atoms with van der Waals surface area (Å²) in [6, 6.07) is 14.2. The Bertz CT molecular complexity index is 854. The fourth-order valence-electron chi connectivity index (χ4n) is 2.98. The summed E-state index contributed by atoms with van der Waals surface area (Å²) >= 11 is 1.67. The van der Waals surface area contributed by atoms with Gasteiger partial charge in [0.2, 0.25) is 5.91 Å². The minimum atomic E-state index is 0.0358. The Labute approximate surface area is 145 Å². The molecule has 24 heavy (non-hydrogen) atoms. The molecule has 1 unspecified atom stereocenters. The van der Waals surface area contributed by atoms with E-state index in [1.807, 2.05) is 17.0 Å². The van der Waals surface area contributed by atoms with Gasteiger partial charge in [-0.15, -0.1) is 11.8 Å². The number of carbonyl (C=O) groups excluding carboxylic acids is 1. The van der Waals surface area contributed by atoms with E-state index in [2.05, 4.69) is 54.2 Å². The first-order valence-corrected chi connectivity index (χ1v) is 8.94. The summed E-state index contributed by atoms with van der Waals surface area (Å²) in [6.07, 6.45) is 5.81. The number of hydrogen-bond acceptors (Lipinski definition) is 3. The Morgan fingerprint density at radius 2 is 2.17 bits per heavy atom. The van der Waals surface area contributed by atoms with Crippen molar-refractivity contribution in [3.05, 3.63) is 78.0 Å². The standard InChI is InChI=1S/C19H18N2O2S/c1-14-4-2-5-16(10-14)20-8-7-15(11-20)19-21(18(22)13-24-19)12-17-6-3-9-23-17/h2-11,19H,12-13H2,1H3. The van der Waals surface area contributed by atoms with Crippen molar-refractivity contribution >= 4 is 17.7 Å². The molecule has 4 nitrogen and oxygen atoms in total. The Morgan fingerprint density at radius 3 is 2.96 bits per heavy atom. The van der Waals surface area contributed by atoms with Gasteiger partial charge in [0, 0.05) is 23.6 Å². The molecular weight excluding hydrogens is 320 g/mol. The van der Waals surface area contributed by atoms with Crippen LogP contribution in [0.3, 0.4) is 0 Å². The highest BCUT2D eigenvalue weighted by atomic mass is 32.2. The molecule has 1 aliphatic heterocycles. The van der Waals surface area contributed by atoms with Gasteiger partial charge in [0.15, 0.2) is 0 Å². The highest BCUT2D eigenvalue weighted by Crippen LogP contribution is 2.40. The smallest absolute Gasteiger partial charge is 0.234 e. The number of aromatic nitrogens is 1. The second kappa shape index (κ2) is 6.24. The van der Waals surface area contributed by atoms with Gasteiger partial charge in [-0.05, 0) is 42.8 Å². The van der Waals surface area contributed by atoms with E-state index in [1.54, 1.807) is 18.0 Å². The molecule has 0 spiro atoms. The summed E-state index contributed by atoms with van der Waals surface area (Å²) in [5.41, 5.74) is 3.50. The van der Waals surface area contributed by atoms with Crippen LogP contribution >= 0.6 is 11.8 Å². The van der Waals surface area contributed by atoms with Crippen LogP contribution in [0.2, 0.25) is 0 Å². The topological polar surface area (TPSA) is 38.4 Å². The molecular formula is C19H18N2O2S. The fourth-order valence-corrected chi connectivity index (χ4v) is 4.15. The summed E-state index contributed by atoms with van der Waals surface area (Å²) in [6.45, 7) is 2.60. The van der Waals surface area contributed by atoms with Crippen LogP contribution in [0.15, 0.2) is 65.5 Å². The number of carbonyl (C=O) groups is 1. The van der Waals surface area contributed by atoms with E-state index in [-0.39, 0.29) is 11.3 Å². The normalized spacial score (nSPS) is 17.6. The summed E-state index contributed by atoms with van der Waals surface area (Å²) in [4.78, 5) is 14.2. The van der Waals surface area contributed by atoms with Crippen molar-refractivity contribution in [1.82, 2.24) is 9.47 Å². The lowest BCUT2D eigenvalue weighted by atomic mass is 10.2. The third kappa shape index (κ3) is 2.87. The van der Waals surface area contributed by atoms with Crippen LogP contribution in [0.4, 0.5) is 0 Å². The van der Waals surface area contributed by atoms with Gasteiger partial charge < -0.3 is 13.9 Å². The molecule has 0 radical (unpaired) electrons. The van der Waals surface area contributed by atoms with Crippen LogP contribution in [-0.4, -0.2) is 21.1 Å². The fraction of sp³-hybridized carbons (Fsp3) is 0.211. The highest BCUT2D eigenvalue weighted by molar-refractivity contribution is 8.00. The molecule has 1 aromatic carbocycles. The maximum Gasteiger partial charge on any atom is 0.234 e. The molecule has 0 bridgehead atoms. The zero-order valence-corrected chi connectivity index (χ0v) is 14.2. The Kier molecular flexibility index (Phi) is 3.94. The number of benzene rings is 1. The minimum Gasteiger partial charge on any atom is -0.467 e. The maximum absolute atomic E-state index is 12.3. The third-order valence-electron chi connectivity index (χ3n) is 4.18. The van der Waals surface area contributed by atoms with Crippen LogP contribution < -0.4 is 0 Å². The van der Waals surface area contributed by atoms with E-state index >= 15 is 0 Å². The van der Waals surface area contributed by atoms with Crippen LogP contribution in [0.1, 0.15) is 22.3 Å². The molecule has 0 N–H and O–H groups in total. The van der Waals surface area contributed by atoms with Gasteiger partial charge in [0.1, 0.15) is 11.1 Å². The Balaban J connectivity index is 1.60. The maximum atomic E-state index is 12.3. The molecule has 1 saturated heterocycles. The molecule has 1 atom stereocenters. The summed E-state index contributed by atoms with van der Waals surface area (Å²) in [5.74, 6) is 1.49. The molecule has 2 aromatic heterocycles. The van der Waals surface area contributed by atoms with Gasteiger partial charge in [-0.3, -0.25) is 4.79 Å². The molecule has 3 heterocycles. The van der Waals surface area contributed by atoms with Crippen molar-refractivity contribution < 1.29 is 9.21 Å². The van der Waals surface area contributed by atoms with Crippen molar-refractivity contribution in [3.63, 3.8) is 0 Å². The first kappa shape index (κ1) is 15.1. The number of rotatable bonds is 4. The van der Waals surface area contributed by atoms with E-state index in [9.17, 15) is 4.79 Å². The molecule has 4 rings (SSSR count). The van der Waals surface area contributed by atoms with Gasteiger partial charge in [-0.2, -0.15) is 0 Å². The largest absolute Gasteiger partial charge is 0.467 e. The van der Waals surface area contributed by atoms with E-state index in [1.165, 1.54) is 5.56 Å². The van der Waals surface area contributed by atoms with Crippen LogP contribution in [0.25, 0.3) is 5.69 Å².